The number of hydrogen-bond donors (Lipinski definition) is 1. The van der Waals surface area contributed by atoms with Crippen LogP contribution in [0, 0.1) is 0 Å². The highest BCUT2D eigenvalue weighted by Gasteiger charge is 2.28. The Hall–Kier alpha value is -1.35. The number of nitrogens with zero attached hydrogens (tertiary/aromatic N) is 3. The van der Waals surface area contributed by atoms with Crippen molar-refractivity contribution in [2.45, 2.75) is 19.4 Å². The fraction of sp³-hybridized carbons (Fsp3) is 0.611. The number of piperazine rings is 1. The van der Waals surface area contributed by atoms with E-state index in [-0.39, 0.29) is 5.91 Å². The van der Waals surface area contributed by atoms with Crippen LogP contribution in [0.3, 0.4) is 0 Å². The number of carbonyl (C=O) groups is 1. The first-order valence-corrected chi connectivity index (χ1v) is 11.3. The quantitative estimate of drug-likeness (QED) is 0.645. The van der Waals surface area contributed by atoms with Crippen molar-refractivity contribution in [3.8, 4) is 0 Å². The van der Waals surface area contributed by atoms with E-state index < -0.39 is 16.1 Å². The van der Waals surface area contributed by atoms with E-state index in [0.29, 0.717) is 17.3 Å². The smallest absolute Gasteiger partial charge is 0.243 e. The number of benzene rings is 1. The lowest BCUT2D eigenvalue weighted by molar-refractivity contribution is -0.121. The van der Waals surface area contributed by atoms with Gasteiger partial charge in [0.15, 0.2) is 0 Å². The van der Waals surface area contributed by atoms with Gasteiger partial charge >= 0.3 is 0 Å². The average Bonchev–Trinajstić information content (AvgIpc) is 2.60. The molecular weight excluding hydrogens is 388 g/mol. The molecule has 1 amide bonds. The Labute approximate surface area is 167 Å². The molecule has 1 saturated heterocycles. The normalized spacial score (nSPS) is 17.5. The summed E-state index contributed by atoms with van der Waals surface area (Å²) in [6, 6.07) is 5.57. The zero-order valence-corrected chi connectivity index (χ0v) is 17.8. The standard InChI is InChI=1S/C18H29ClN4O3S/c1-15(23(27(3,25)26)17-7-5-16(19)6-8-17)18(24)20-9-4-10-22-13-11-21(2)12-14-22/h5-8,15H,4,9-14H2,1-3H3,(H,20,24). The zero-order chi connectivity index (χ0) is 20.0. The summed E-state index contributed by atoms with van der Waals surface area (Å²) in [5.41, 5.74) is 0.419. The summed E-state index contributed by atoms with van der Waals surface area (Å²) in [6.45, 7) is 7.24. The number of likely N-dealkylation sites (N-methyl/N-ethyl adjacent to an activating group) is 1. The van der Waals surface area contributed by atoms with Crippen LogP contribution in [0.1, 0.15) is 13.3 Å². The second-order valence-corrected chi connectivity index (χ2v) is 9.30. The maximum atomic E-state index is 12.5. The van der Waals surface area contributed by atoms with Crippen molar-refractivity contribution in [1.82, 2.24) is 15.1 Å². The highest BCUT2D eigenvalue weighted by atomic mass is 35.5. The van der Waals surface area contributed by atoms with Crippen molar-refractivity contribution in [3.05, 3.63) is 29.3 Å². The van der Waals surface area contributed by atoms with Crippen molar-refractivity contribution in [3.63, 3.8) is 0 Å². The van der Waals surface area contributed by atoms with Crippen LogP contribution in [-0.2, 0) is 14.8 Å². The van der Waals surface area contributed by atoms with E-state index >= 15 is 0 Å². The first kappa shape index (κ1) is 21.9. The van der Waals surface area contributed by atoms with Crippen LogP contribution in [0.15, 0.2) is 24.3 Å². The molecule has 1 aliphatic heterocycles. The topological polar surface area (TPSA) is 73.0 Å². The molecule has 1 unspecified atom stereocenters. The molecule has 1 N–H and O–H groups in total. The number of amides is 1. The molecule has 0 aromatic heterocycles. The summed E-state index contributed by atoms with van der Waals surface area (Å²) in [5.74, 6) is -0.311. The summed E-state index contributed by atoms with van der Waals surface area (Å²) < 4.78 is 25.6. The molecule has 1 aromatic rings. The molecule has 9 heteroatoms. The third kappa shape index (κ3) is 6.64. The van der Waals surface area contributed by atoms with Gasteiger partial charge in [-0.1, -0.05) is 11.6 Å². The number of sulfonamides is 1. The molecule has 0 radical (unpaired) electrons. The summed E-state index contributed by atoms with van der Waals surface area (Å²) in [4.78, 5) is 17.2. The van der Waals surface area contributed by atoms with E-state index in [1.165, 1.54) is 0 Å². The van der Waals surface area contributed by atoms with Crippen molar-refractivity contribution < 1.29 is 13.2 Å². The van der Waals surface area contributed by atoms with Crippen molar-refractivity contribution in [1.29, 1.82) is 0 Å². The minimum absolute atomic E-state index is 0.311. The molecule has 2 rings (SSSR count). The third-order valence-electron chi connectivity index (χ3n) is 4.72. The maximum absolute atomic E-state index is 12.5. The maximum Gasteiger partial charge on any atom is 0.243 e. The van der Waals surface area contributed by atoms with Gasteiger partial charge in [-0.05, 0) is 51.2 Å². The second-order valence-electron chi connectivity index (χ2n) is 7.00. The van der Waals surface area contributed by atoms with Crippen LogP contribution in [0.2, 0.25) is 5.02 Å². The van der Waals surface area contributed by atoms with Gasteiger partial charge in [0.05, 0.1) is 11.9 Å². The van der Waals surface area contributed by atoms with Crippen molar-refractivity contribution in [2.75, 3.05) is 56.9 Å². The van der Waals surface area contributed by atoms with E-state index in [2.05, 4.69) is 22.2 Å². The van der Waals surface area contributed by atoms with Gasteiger partial charge in [-0.3, -0.25) is 9.10 Å². The lowest BCUT2D eigenvalue weighted by atomic mass is 10.2. The molecule has 27 heavy (non-hydrogen) atoms. The van der Waals surface area contributed by atoms with Gasteiger partial charge in [-0.15, -0.1) is 0 Å². The van der Waals surface area contributed by atoms with Gasteiger partial charge in [0, 0.05) is 37.7 Å². The minimum atomic E-state index is -3.61. The van der Waals surface area contributed by atoms with Crippen molar-refractivity contribution in [2.24, 2.45) is 0 Å². The fourth-order valence-electron chi connectivity index (χ4n) is 3.13. The van der Waals surface area contributed by atoms with E-state index in [9.17, 15) is 13.2 Å². The van der Waals surface area contributed by atoms with Crippen LogP contribution >= 0.6 is 11.6 Å². The Morgan fingerprint density at radius 1 is 1.22 bits per heavy atom. The highest BCUT2D eigenvalue weighted by Crippen LogP contribution is 2.22. The molecule has 1 atom stereocenters. The van der Waals surface area contributed by atoms with Gasteiger partial charge in [-0.2, -0.15) is 0 Å². The molecule has 1 aliphatic rings. The van der Waals surface area contributed by atoms with Crippen LogP contribution < -0.4 is 9.62 Å². The molecule has 0 bridgehead atoms. The highest BCUT2D eigenvalue weighted by molar-refractivity contribution is 7.92. The summed E-state index contributed by atoms with van der Waals surface area (Å²) in [6.07, 6.45) is 1.93. The Kier molecular flexibility index (Phi) is 7.91. The molecule has 0 spiro atoms. The van der Waals surface area contributed by atoms with E-state index in [1.807, 2.05) is 0 Å². The Morgan fingerprint density at radius 2 is 1.81 bits per heavy atom. The summed E-state index contributed by atoms with van der Waals surface area (Å²) in [7, 11) is -1.49. The number of anilines is 1. The molecule has 0 saturated carbocycles. The van der Waals surface area contributed by atoms with Gasteiger partial charge in [-0.25, -0.2) is 8.42 Å². The second kappa shape index (κ2) is 9.73. The van der Waals surface area contributed by atoms with Crippen LogP contribution in [0.25, 0.3) is 0 Å². The summed E-state index contributed by atoms with van der Waals surface area (Å²) >= 11 is 5.88. The van der Waals surface area contributed by atoms with Gasteiger partial charge < -0.3 is 15.1 Å². The van der Waals surface area contributed by atoms with Gasteiger partial charge in [0.2, 0.25) is 15.9 Å². The minimum Gasteiger partial charge on any atom is -0.354 e. The largest absolute Gasteiger partial charge is 0.354 e. The Bertz CT molecular complexity index is 719. The van der Waals surface area contributed by atoms with Crippen LogP contribution in [-0.4, -0.2) is 82.7 Å². The number of nitrogens with one attached hydrogen (secondary N) is 1. The SMILES string of the molecule is CC(C(=O)NCCCN1CCN(C)CC1)N(c1ccc(Cl)cc1)S(C)(=O)=O. The molecule has 0 aliphatic carbocycles. The first-order chi connectivity index (χ1) is 12.7. The van der Waals surface area contributed by atoms with Gasteiger partial charge in [0.25, 0.3) is 0 Å². The van der Waals surface area contributed by atoms with E-state index in [0.717, 1.165) is 49.7 Å². The predicted octanol–water partition coefficient (Wildman–Crippen LogP) is 1.25. The first-order valence-electron chi connectivity index (χ1n) is 9.12. The van der Waals surface area contributed by atoms with Crippen molar-refractivity contribution >= 4 is 33.2 Å². The predicted molar refractivity (Wildman–Crippen MR) is 110 cm³/mol. The number of hydrogen-bond acceptors (Lipinski definition) is 5. The molecule has 152 valence electrons. The molecule has 1 fully saturated rings. The number of rotatable bonds is 8. The lowest BCUT2D eigenvalue weighted by Gasteiger charge is -2.32. The molecule has 7 nitrogen and oxygen atoms in total. The third-order valence-corrected chi connectivity index (χ3v) is 6.21. The Balaban J connectivity index is 1.88. The molecule has 1 heterocycles. The fourth-order valence-corrected chi connectivity index (χ4v) is 4.43. The Morgan fingerprint density at radius 3 is 2.37 bits per heavy atom. The van der Waals surface area contributed by atoms with Crippen LogP contribution in [0.5, 0.6) is 0 Å². The van der Waals surface area contributed by atoms with E-state index in [1.54, 1.807) is 31.2 Å². The zero-order valence-electron chi connectivity index (χ0n) is 16.2. The molecule has 1 aromatic carbocycles. The monoisotopic (exact) mass is 416 g/mol. The van der Waals surface area contributed by atoms with Gasteiger partial charge in [0.1, 0.15) is 6.04 Å². The lowest BCUT2D eigenvalue weighted by Crippen LogP contribution is -2.48. The van der Waals surface area contributed by atoms with E-state index in [4.69, 9.17) is 11.6 Å². The number of halogens is 1. The van der Waals surface area contributed by atoms with Crippen LogP contribution in [0.4, 0.5) is 5.69 Å². The number of carbonyl (C=O) groups excluding carboxylic acids is 1. The summed E-state index contributed by atoms with van der Waals surface area (Å²) in [5, 5.41) is 3.36. The average molecular weight is 417 g/mol. The molecular formula is C18H29ClN4O3S.